The summed E-state index contributed by atoms with van der Waals surface area (Å²) < 4.78 is 12.9. The van der Waals surface area contributed by atoms with E-state index in [-0.39, 0.29) is 18.2 Å². The summed E-state index contributed by atoms with van der Waals surface area (Å²) in [6.45, 7) is 11.5. The summed E-state index contributed by atoms with van der Waals surface area (Å²) in [5.74, 6) is 1.71. The number of unbranched alkanes of at least 4 members (excludes halogenated alkanes) is 3. The van der Waals surface area contributed by atoms with Gasteiger partial charge in [-0.15, -0.1) is 6.58 Å². The van der Waals surface area contributed by atoms with Crippen LogP contribution in [0.15, 0.2) is 55.1 Å². The molecule has 2 aromatic rings. The van der Waals surface area contributed by atoms with Crippen LogP contribution in [-0.2, 0) is 18.3 Å². The predicted octanol–water partition coefficient (Wildman–Crippen LogP) is 5.92. The van der Waals surface area contributed by atoms with Crippen molar-refractivity contribution in [1.82, 2.24) is 9.80 Å². The van der Waals surface area contributed by atoms with Crippen LogP contribution in [0, 0.1) is 0 Å². The molecule has 5 nitrogen and oxygen atoms in total. The minimum atomic E-state index is -0.805. The van der Waals surface area contributed by atoms with E-state index >= 15 is 0 Å². The van der Waals surface area contributed by atoms with Crippen molar-refractivity contribution < 1.29 is 14.6 Å². The van der Waals surface area contributed by atoms with Gasteiger partial charge in [0.25, 0.3) is 0 Å². The summed E-state index contributed by atoms with van der Waals surface area (Å²) in [5, 5.41) is 12.8. The van der Waals surface area contributed by atoms with E-state index in [0.717, 1.165) is 56.8 Å². The van der Waals surface area contributed by atoms with Crippen molar-refractivity contribution in [3.05, 3.63) is 71.8 Å². The number of aryl methyl sites for hydroxylation is 1. The third-order valence-corrected chi connectivity index (χ3v) is 10.7. The van der Waals surface area contributed by atoms with E-state index in [1.807, 2.05) is 6.08 Å². The van der Waals surface area contributed by atoms with E-state index < -0.39 is 11.0 Å². The van der Waals surface area contributed by atoms with Crippen molar-refractivity contribution in [3.63, 3.8) is 0 Å². The molecular weight excluding hydrogens is 496 g/mol. The largest absolute Gasteiger partial charge is 0.493 e. The molecule has 1 saturated heterocycles. The van der Waals surface area contributed by atoms with Crippen LogP contribution in [0.4, 0.5) is 0 Å². The zero-order valence-corrected chi connectivity index (χ0v) is 24.8. The van der Waals surface area contributed by atoms with Gasteiger partial charge < -0.3 is 14.6 Å². The quantitative estimate of drug-likeness (QED) is 0.266. The average Bonchev–Trinajstić information content (AvgIpc) is 3.31. The first kappa shape index (κ1) is 27.8. The van der Waals surface area contributed by atoms with Gasteiger partial charge in [0, 0.05) is 30.2 Å². The Bertz CT molecular complexity index is 1200. The average molecular weight is 545 g/mol. The van der Waals surface area contributed by atoms with Crippen LogP contribution in [0.5, 0.6) is 11.5 Å². The lowest BCUT2D eigenvalue weighted by Gasteiger charge is -2.65. The molecule has 1 spiro atoms. The van der Waals surface area contributed by atoms with Gasteiger partial charge in [-0.2, -0.15) is 0 Å². The first-order valence-corrected chi connectivity index (χ1v) is 15.7. The molecule has 2 aromatic carbocycles. The second-order valence-corrected chi connectivity index (χ2v) is 12.9. The lowest BCUT2D eigenvalue weighted by molar-refractivity contribution is -0.200. The Kier molecular flexibility index (Phi) is 7.75. The summed E-state index contributed by atoms with van der Waals surface area (Å²) in [5.41, 5.74) is 2.83. The molecule has 1 N–H and O–H groups in total. The topological polar surface area (TPSA) is 45.2 Å². The number of aliphatic hydroxyl groups is 1. The summed E-state index contributed by atoms with van der Waals surface area (Å²) in [4.78, 5) is 5.17. The molecule has 0 unspecified atom stereocenters. The van der Waals surface area contributed by atoms with E-state index in [2.05, 4.69) is 72.7 Å². The van der Waals surface area contributed by atoms with Crippen LogP contribution >= 0.6 is 0 Å². The van der Waals surface area contributed by atoms with Gasteiger partial charge in [-0.25, -0.2) is 0 Å². The molecule has 5 atom stereocenters. The molecule has 2 aliphatic carbocycles. The lowest BCUT2D eigenvalue weighted by atomic mass is 9.48. The second kappa shape index (κ2) is 11.2. The minimum Gasteiger partial charge on any atom is -0.493 e. The first-order chi connectivity index (χ1) is 19.4. The van der Waals surface area contributed by atoms with Crippen molar-refractivity contribution in [2.45, 2.75) is 107 Å². The fourth-order valence-corrected chi connectivity index (χ4v) is 8.91. The number of piperidine rings is 1. The highest BCUT2D eigenvalue weighted by Gasteiger charge is 2.73. The van der Waals surface area contributed by atoms with E-state index in [1.54, 1.807) is 7.11 Å². The van der Waals surface area contributed by atoms with Crippen LogP contribution in [-0.4, -0.2) is 71.5 Å². The van der Waals surface area contributed by atoms with Crippen LogP contribution in [0.2, 0.25) is 0 Å². The minimum absolute atomic E-state index is 0.0644. The molecule has 6 rings (SSSR count). The fourth-order valence-electron chi connectivity index (χ4n) is 8.91. The highest BCUT2D eigenvalue weighted by atomic mass is 16.5. The molecular formula is C35H48N2O3. The number of benzene rings is 2. The Hall–Kier alpha value is -2.34. The smallest absolute Gasteiger partial charge is 0.165 e. The van der Waals surface area contributed by atoms with Crippen LogP contribution in [0.25, 0.3) is 0 Å². The number of rotatable bonds is 12. The number of likely N-dealkylation sites (tertiary alicyclic amines) is 1. The van der Waals surface area contributed by atoms with Gasteiger partial charge in [0.1, 0.15) is 6.10 Å². The summed E-state index contributed by atoms with van der Waals surface area (Å²) in [7, 11) is 1.74. The Morgan fingerprint density at radius 3 is 2.67 bits per heavy atom. The van der Waals surface area contributed by atoms with Gasteiger partial charge in [-0.05, 0) is 89.1 Å². The lowest BCUT2D eigenvalue weighted by Crippen LogP contribution is -2.78. The maximum atomic E-state index is 12.8. The maximum absolute atomic E-state index is 12.8. The number of ether oxygens (including phenoxy) is 2. The first-order valence-electron chi connectivity index (χ1n) is 15.7. The molecule has 2 bridgehead atoms. The molecule has 0 radical (unpaired) electrons. The van der Waals surface area contributed by atoms with Gasteiger partial charge in [0.05, 0.1) is 18.1 Å². The monoisotopic (exact) mass is 544 g/mol. The number of hydrogen-bond donors (Lipinski definition) is 1. The maximum Gasteiger partial charge on any atom is 0.165 e. The Morgan fingerprint density at radius 1 is 1.12 bits per heavy atom. The van der Waals surface area contributed by atoms with Crippen molar-refractivity contribution in [1.29, 1.82) is 0 Å². The van der Waals surface area contributed by atoms with Gasteiger partial charge in [-0.3, -0.25) is 9.80 Å². The molecule has 4 aliphatic rings. The molecule has 0 aromatic heterocycles. The van der Waals surface area contributed by atoms with E-state index in [4.69, 9.17) is 9.47 Å². The second-order valence-electron chi connectivity index (χ2n) is 12.9. The summed E-state index contributed by atoms with van der Waals surface area (Å²) >= 11 is 0. The summed E-state index contributed by atoms with van der Waals surface area (Å²) in [6, 6.07) is 15.9. The van der Waals surface area contributed by atoms with Gasteiger partial charge in [0.15, 0.2) is 11.5 Å². The molecule has 5 heteroatoms. The Labute approximate surface area is 241 Å². The van der Waals surface area contributed by atoms with Crippen molar-refractivity contribution in [3.8, 4) is 11.5 Å². The van der Waals surface area contributed by atoms with Gasteiger partial charge in [0.2, 0.25) is 0 Å². The third-order valence-electron chi connectivity index (χ3n) is 10.7. The van der Waals surface area contributed by atoms with Crippen molar-refractivity contribution in [2.75, 3.05) is 26.7 Å². The van der Waals surface area contributed by atoms with E-state index in [9.17, 15) is 5.11 Å². The Morgan fingerprint density at radius 2 is 1.93 bits per heavy atom. The molecule has 40 heavy (non-hydrogen) atoms. The normalized spacial score (nSPS) is 30.3. The number of nitrogens with zero attached hydrogens (tertiary/aromatic N) is 2. The predicted molar refractivity (Wildman–Crippen MR) is 161 cm³/mol. The fraction of sp³-hybridized carbons (Fsp3) is 0.600. The van der Waals surface area contributed by atoms with Crippen LogP contribution in [0.3, 0.4) is 0 Å². The molecule has 2 heterocycles. The van der Waals surface area contributed by atoms with Gasteiger partial charge >= 0.3 is 0 Å². The standard InChI is InChI=1S/C35H48N2O3/c1-5-21-36-23-20-34-31-27-16-17-29(39-4)32(31)40-33(34)28(18-19-35(34,38)30(36)24-27)37(25(2)3)22-12-7-6-9-13-26-14-10-8-11-15-26/h5,8,10-11,14-17,25,28,30,33,38H,1,6-7,9,12-13,18-24H2,2-4H3/t28-,30+,33-,34-,35+/m0/s1. The molecule has 1 saturated carbocycles. The highest BCUT2D eigenvalue weighted by Crippen LogP contribution is 2.66. The van der Waals surface area contributed by atoms with Crippen LogP contribution in [0.1, 0.15) is 75.5 Å². The van der Waals surface area contributed by atoms with Gasteiger partial charge in [-0.1, -0.05) is 55.3 Å². The van der Waals surface area contributed by atoms with E-state index in [1.165, 1.54) is 48.8 Å². The molecule has 0 amide bonds. The SMILES string of the molecule is C=CCN1CC[C@]23c4c5ccc(OC)c4O[C@H]2[C@@H](N(CCCCCCc2ccccc2)C(C)C)CC[C@@]3(O)[C@H]1C5. The zero-order chi connectivity index (χ0) is 27.9. The summed E-state index contributed by atoms with van der Waals surface area (Å²) in [6.07, 6.45) is 11.6. The van der Waals surface area contributed by atoms with Crippen molar-refractivity contribution in [2.24, 2.45) is 0 Å². The number of methoxy groups -OCH3 is 1. The Balaban J connectivity index is 1.24. The molecule has 216 valence electrons. The zero-order valence-electron chi connectivity index (χ0n) is 24.8. The highest BCUT2D eigenvalue weighted by molar-refractivity contribution is 5.63. The van der Waals surface area contributed by atoms with Crippen LogP contribution < -0.4 is 9.47 Å². The third kappa shape index (κ3) is 4.31. The molecule has 2 aliphatic heterocycles. The van der Waals surface area contributed by atoms with Crippen molar-refractivity contribution >= 4 is 0 Å². The van der Waals surface area contributed by atoms with E-state index in [0.29, 0.717) is 6.04 Å². The molecule has 2 fully saturated rings. The number of hydrogen-bond acceptors (Lipinski definition) is 5.